The molecule has 1 atom stereocenters. The van der Waals surface area contributed by atoms with Crippen LogP contribution in [0.4, 0.5) is 23.4 Å². The van der Waals surface area contributed by atoms with Crippen molar-refractivity contribution in [2.24, 2.45) is 5.92 Å². The van der Waals surface area contributed by atoms with Crippen molar-refractivity contribution >= 4 is 23.7 Å². The predicted octanol–water partition coefficient (Wildman–Crippen LogP) is 2.34. The lowest BCUT2D eigenvalue weighted by molar-refractivity contribution is -0.192. The van der Waals surface area contributed by atoms with Crippen LogP contribution in [0.1, 0.15) is 46.9 Å². The number of hydrogen-bond acceptors (Lipinski definition) is 9. The maximum Gasteiger partial charge on any atom is 0.490 e. The number of pyridine rings is 1. The van der Waals surface area contributed by atoms with Crippen LogP contribution in [0.2, 0.25) is 0 Å². The van der Waals surface area contributed by atoms with Gasteiger partial charge in [0.2, 0.25) is 5.91 Å². The smallest absolute Gasteiger partial charge is 0.476 e. The van der Waals surface area contributed by atoms with Crippen molar-refractivity contribution < 1.29 is 47.0 Å². The van der Waals surface area contributed by atoms with Crippen LogP contribution in [0.15, 0.2) is 24.8 Å². The van der Waals surface area contributed by atoms with Crippen LogP contribution >= 0.6 is 0 Å². The van der Waals surface area contributed by atoms with E-state index in [4.69, 9.17) is 25.1 Å². The molecule has 0 spiro atoms. The fourth-order valence-electron chi connectivity index (χ4n) is 3.94. The number of carboxylic acid groups (broad SMARTS) is 2. The first-order chi connectivity index (χ1) is 17.9. The molecule has 2 aromatic heterocycles. The van der Waals surface area contributed by atoms with Gasteiger partial charge in [-0.25, -0.2) is 29.0 Å². The van der Waals surface area contributed by atoms with E-state index in [2.05, 4.69) is 15.0 Å². The van der Waals surface area contributed by atoms with Crippen molar-refractivity contribution in [3.63, 3.8) is 0 Å². The molecule has 12 nitrogen and oxygen atoms in total. The van der Waals surface area contributed by atoms with Crippen molar-refractivity contribution in [2.75, 3.05) is 24.6 Å². The average Bonchev–Trinajstić information content (AvgIpc) is 3.38. The summed E-state index contributed by atoms with van der Waals surface area (Å²) in [6, 6.07) is 3.43. The Balaban J connectivity index is 0.000000505. The molecule has 16 heteroatoms. The monoisotopic (exact) mass is 540 g/mol. The SMILES string of the molecule is N#Cc1cncc([C@@H]2CCON2C(=O)C2CCN(c3ncnc(C(=O)O)c3F)CC2)c1.O=C(O)C(F)(F)F. The minimum atomic E-state index is -5.08. The molecule has 2 saturated heterocycles. The third-order valence-corrected chi connectivity index (χ3v) is 5.76. The molecular weight excluding hydrogens is 520 g/mol. The number of halogens is 4. The normalized spacial score (nSPS) is 17.8. The number of rotatable bonds is 4. The summed E-state index contributed by atoms with van der Waals surface area (Å²) in [7, 11) is 0. The quantitative estimate of drug-likeness (QED) is 0.546. The molecule has 38 heavy (non-hydrogen) atoms. The molecule has 2 N–H and O–H groups in total. The second kappa shape index (κ2) is 11.8. The molecule has 2 aliphatic rings. The van der Waals surface area contributed by atoms with E-state index in [-0.39, 0.29) is 23.7 Å². The molecule has 2 aliphatic heterocycles. The zero-order chi connectivity index (χ0) is 28.0. The first kappa shape index (κ1) is 28.2. The van der Waals surface area contributed by atoms with Crippen LogP contribution in [-0.2, 0) is 14.4 Å². The number of aromatic carboxylic acids is 1. The zero-order valence-corrected chi connectivity index (χ0v) is 19.4. The highest BCUT2D eigenvalue weighted by molar-refractivity contribution is 5.86. The molecule has 0 saturated carbocycles. The van der Waals surface area contributed by atoms with Gasteiger partial charge in [0.1, 0.15) is 12.4 Å². The molecule has 2 aromatic rings. The number of anilines is 1. The van der Waals surface area contributed by atoms with E-state index in [0.29, 0.717) is 44.5 Å². The number of aromatic nitrogens is 3. The van der Waals surface area contributed by atoms with Crippen LogP contribution in [-0.4, -0.2) is 73.9 Å². The van der Waals surface area contributed by atoms with Crippen molar-refractivity contribution in [3.05, 3.63) is 47.4 Å². The molecule has 2 fully saturated rings. The lowest BCUT2D eigenvalue weighted by Gasteiger charge is -2.34. The fraction of sp³-hybridized carbons (Fsp3) is 0.409. The highest BCUT2D eigenvalue weighted by Gasteiger charge is 2.39. The summed E-state index contributed by atoms with van der Waals surface area (Å²) in [6.45, 7) is 1.07. The van der Waals surface area contributed by atoms with Gasteiger partial charge in [0.05, 0.1) is 18.2 Å². The van der Waals surface area contributed by atoms with Crippen molar-refractivity contribution in [1.29, 1.82) is 5.26 Å². The van der Waals surface area contributed by atoms with Crippen LogP contribution in [0.25, 0.3) is 0 Å². The van der Waals surface area contributed by atoms with Crippen molar-refractivity contribution in [2.45, 2.75) is 31.5 Å². The van der Waals surface area contributed by atoms with Gasteiger partial charge >= 0.3 is 18.1 Å². The minimum absolute atomic E-state index is 0.0759. The van der Waals surface area contributed by atoms with Gasteiger partial charge in [-0.3, -0.25) is 14.6 Å². The van der Waals surface area contributed by atoms with Crippen LogP contribution in [0.3, 0.4) is 0 Å². The number of piperidine rings is 1. The number of amides is 1. The summed E-state index contributed by atoms with van der Waals surface area (Å²) in [4.78, 5) is 51.7. The summed E-state index contributed by atoms with van der Waals surface area (Å²) in [6.07, 6.45) is 0.502. The molecule has 0 unspecified atom stereocenters. The molecule has 4 rings (SSSR count). The zero-order valence-electron chi connectivity index (χ0n) is 19.4. The van der Waals surface area contributed by atoms with Gasteiger partial charge < -0.3 is 15.1 Å². The predicted molar refractivity (Wildman–Crippen MR) is 117 cm³/mol. The molecule has 4 heterocycles. The fourth-order valence-corrected chi connectivity index (χ4v) is 3.94. The highest BCUT2D eigenvalue weighted by Crippen LogP contribution is 2.34. The first-order valence-corrected chi connectivity index (χ1v) is 11.0. The van der Waals surface area contributed by atoms with Crippen LogP contribution in [0, 0.1) is 23.1 Å². The third-order valence-electron chi connectivity index (χ3n) is 5.76. The molecule has 0 aliphatic carbocycles. The van der Waals surface area contributed by atoms with E-state index < -0.39 is 29.6 Å². The van der Waals surface area contributed by atoms with Crippen molar-refractivity contribution in [1.82, 2.24) is 20.0 Å². The number of carbonyl (C=O) groups is 3. The van der Waals surface area contributed by atoms with Crippen LogP contribution in [0.5, 0.6) is 0 Å². The summed E-state index contributed by atoms with van der Waals surface area (Å²) >= 11 is 0. The van der Waals surface area contributed by atoms with E-state index in [0.717, 1.165) is 11.9 Å². The summed E-state index contributed by atoms with van der Waals surface area (Å²) in [5.74, 6) is -5.77. The maximum atomic E-state index is 14.4. The summed E-state index contributed by atoms with van der Waals surface area (Å²) in [5, 5.41) is 26.6. The van der Waals surface area contributed by atoms with E-state index in [1.54, 1.807) is 17.2 Å². The molecule has 0 bridgehead atoms. The largest absolute Gasteiger partial charge is 0.490 e. The van der Waals surface area contributed by atoms with Gasteiger partial charge in [-0.05, 0) is 24.5 Å². The van der Waals surface area contributed by atoms with E-state index in [9.17, 15) is 27.2 Å². The number of alkyl halides is 3. The summed E-state index contributed by atoms with van der Waals surface area (Å²) < 4.78 is 46.2. The van der Waals surface area contributed by atoms with E-state index in [1.807, 2.05) is 6.07 Å². The lowest BCUT2D eigenvalue weighted by atomic mass is 9.94. The van der Waals surface area contributed by atoms with Crippen LogP contribution < -0.4 is 4.90 Å². The molecule has 202 valence electrons. The molecular formula is C22H20F4N6O6. The van der Waals surface area contributed by atoms with Gasteiger partial charge in [-0.15, -0.1) is 0 Å². The second-order valence-corrected chi connectivity index (χ2v) is 8.15. The molecule has 1 amide bonds. The Morgan fingerprint density at radius 1 is 1.11 bits per heavy atom. The number of nitrogens with zero attached hydrogens (tertiary/aromatic N) is 6. The third kappa shape index (κ3) is 6.48. The Morgan fingerprint density at radius 2 is 1.76 bits per heavy atom. The number of hydroxylamine groups is 2. The average molecular weight is 540 g/mol. The molecule has 0 aromatic carbocycles. The minimum Gasteiger partial charge on any atom is -0.476 e. The van der Waals surface area contributed by atoms with E-state index >= 15 is 0 Å². The topological polar surface area (TPSA) is 170 Å². The Morgan fingerprint density at radius 3 is 2.34 bits per heavy atom. The standard InChI is InChI=1S/C20H19FN6O4.C2HF3O2/c21-16-17(20(29)30)24-11-25-18(16)26-4-1-13(2-5-26)19(28)27-15(3-6-31-27)14-7-12(8-22)9-23-10-14;3-2(4,5)1(6)7/h7,9-11,13,15H,1-6H2,(H,29,30);(H,6,7)/t15-;/m0./s1. The molecule has 0 radical (unpaired) electrons. The lowest BCUT2D eigenvalue weighted by Crippen LogP contribution is -2.42. The van der Waals surface area contributed by atoms with Gasteiger partial charge in [-0.2, -0.15) is 18.4 Å². The Bertz CT molecular complexity index is 1250. The van der Waals surface area contributed by atoms with Gasteiger partial charge in [0.15, 0.2) is 17.3 Å². The second-order valence-electron chi connectivity index (χ2n) is 8.15. The maximum absolute atomic E-state index is 14.4. The number of carboxylic acids is 2. The van der Waals surface area contributed by atoms with Gasteiger partial charge in [0.25, 0.3) is 0 Å². The van der Waals surface area contributed by atoms with Gasteiger partial charge in [0, 0.05) is 37.8 Å². The number of hydrogen-bond donors (Lipinski definition) is 2. The Kier molecular flexibility index (Phi) is 8.73. The first-order valence-electron chi connectivity index (χ1n) is 11.0. The summed E-state index contributed by atoms with van der Waals surface area (Å²) in [5.41, 5.74) is 0.481. The van der Waals surface area contributed by atoms with Gasteiger partial charge in [-0.1, -0.05) is 0 Å². The number of nitriles is 1. The van der Waals surface area contributed by atoms with Crippen molar-refractivity contribution in [3.8, 4) is 6.07 Å². The number of carbonyl (C=O) groups excluding carboxylic acids is 1. The number of aliphatic carboxylic acids is 1. The van der Waals surface area contributed by atoms with E-state index in [1.165, 1.54) is 11.3 Å². The Hall–Kier alpha value is -4.39. The highest BCUT2D eigenvalue weighted by atomic mass is 19.4. The Labute approximate surface area is 212 Å².